The van der Waals surface area contributed by atoms with Gasteiger partial charge < -0.3 is 15.5 Å². The number of rotatable bonds is 4. The van der Waals surface area contributed by atoms with Crippen molar-refractivity contribution in [2.75, 3.05) is 10.6 Å². The molecule has 7 heteroatoms. The highest BCUT2D eigenvalue weighted by molar-refractivity contribution is 5.94. The van der Waals surface area contributed by atoms with Crippen molar-refractivity contribution >= 4 is 35.2 Å². The molecule has 0 aliphatic carbocycles. The maximum absolute atomic E-state index is 14.1. The van der Waals surface area contributed by atoms with Crippen LogP contribution in [-0.2, 0) is 14.4 Å². The van der Waals surface area contributed by atoms with E-state index in [1.54, 1.807) is 6.20 Å². The second-order valence-electron chi connectivity index (χ2n) is 6.51. The highest BCUT2D eigenvalue weighted by Gasteiger charge is 2.28. The minimum absolute atomic E-state index is 0.0368. The van der Waals surface area contributed by atoms with Crippen LogP contribution in [0.5, 0.6) is 0 Å². The van der Waals surface area contributed by atoms with E-state index in [0.29, 0.717) is 5.69 Å². The molecule has 0 fully saturated rings. The molecule has 1 heterocycles. The monoisotopic (exact) mass is 381 g/mol. The third-order valence-corrected chi connectivity index (χ3v) is 4.41. The summed E-state index contributed by atoms with van der Waals surface area (Å²) in [7, 11) is 0. The van der Waals surface area contributed by atoms with Gasteiger partial charge in [0.1, 0.15) is 5.82 Å². The number of amides is 3. The Hall–Kier alpha value is -3.48. The van der Waals surface area contributed by atoms with Gasteiger partial charge in [-0.2, -0.15) is 0 Å². The average molecular weight is 381 g/mol. The van der Waals surface area contributed by atoms with Gasteiger partial charge in [0.25, 0.3) is 0 Å². The maximum Gasteiger partial charge on any atom is 0.226 e. The summed E-state index contributed by atoms with van der Waals surface area (Å²) in [5.41, 5.74) is 2.12. The van der Waals surface area contributed by atoms with Gasteiger partial charge in [0.2, 0.25) is 17.7 Å². The van der Waals surface area contributed by atoms with Gasteiger partial charge in [0, 0.05) is 25.7 Å². The molecule has 28 heavy (non-hydrogen) atoms. The molecule has 3 amide bonds. The second-order valence-corrected chi connectivity index (χ2v) is 6.51. The van der Waals surface area contributed by atoms with E-state index in [-0.39, 0.29) is 23.9 Å². The zero-order valence-corrected chi connectivity index (χ0v) is 15.5. The smallest absolute Gasteiger partial charge is 0.226 e. The fourth-order valence-corrected chi connectivity index (χ4v) is 3.19. The number of carbonyl (C=O) groups is 3. The van der Waals surface area contributed by atoms with Crippen molar-refractivity contribution in [1.82, 2.24) is 4.90 Å². The first-order chi connectivity index (χ1) is 13.3. The van der Waals surface area contributed by atoms with E-state index in [1.807, 2.05) is 30.3 Å². The molecular formula is C21H20FN3O3. The van der Waals surface area contributed by atoms with Crippen LogP contribution in [0.15, 0.2) is 48.7 Å². The van der Waals surface area contributed by atoms with Crippen molar-refractivity contribution < 1.29 is 18.8 Å². The molecule has 1 atom stereocenters. The van der Waals surface area contributed by atoms with E-state index in [4.69, 9.17) is 0 Å². The fourth-order valence-electron chi connectivity index (χ4n) is 3.19. The lowest BCUT2D eigenvalue weighted by atomic mass is 9.93. The minimum atomic E-state index is -0.616. The molecule has 1 unspecified atom stereocenters. The average Bonchev–Trinajstić information content (AvgIpc) is 2.64. The van der Waals surface area contributed by atoms with Gasteiger partial charge in [-0.15, -0.1) is 0 Å². The summed E-state index contributed by atoms with van der Waals surface area (Å²) in [5, 5.41) is 5.08. The number of hydrogen-bond acceptors (Lipinski definition) is 3. The fraction of sp³-hybridized carbons (Fsp3) is 0.190. The standard InChI is InChI=1S/C21H20FN3O3/c1-13(26)23-16-7-8-18(22)19(11-16)24-21(28)12-20-17-6-4-3-5-15(17)9-10-25(20)14(2)27/h3-11,20H,12H2,1-2H3,(H,23,26)(H,24,28). The van der Waals surface area contributed by atoms with E-state index >= 15 is 0 Å². The highest BCUT2D eigenvalue weighted by Crippen LogP contribution is 2.33. The van der Waals surface area contributed by atoms with E-state index in [0.717, 1.165) is 11.1 Å². The molecule has 2 aromatic rings. The van der Waals surface area contributed by atoms with Crippen molar-refractivity contribution in [3.05, 3.63) is 65.6 Å². The number of halogens is 1. The van der Waals surface area contributed by atoms with Crippen molar-refractivity contribution in [3.63, 3.8) is 0 Å². The van der Waals surface area contributed by atoms with Crippen LogP contribution in [0.3, 0.4) is 0 Å². The van der Waals surface area contributed by atoms with Crippen molar-refractivity contribution in [3.8, 4) is 0 Å². The Morgan fingerprint density at radius 2 is 1.82 bits per heavy atom. The van der Waals surface area contributed by atoms with Crippen LogP contribution < -0.4 is 10.6 Å². The summed E-state index contributed by atoms with van der Waals surface area (Å²) in [6.45, 7) is 2.77. The Bertz CT molecular complexity index is 971. The molecule has 1 aliphatic rings. The van der Waals surface area contributed by atoms with E-state index in [9.17, 15) is 18.8 Å². The first-order valence-corrected chi connectivity index (χ1v) is 8.78. The van der Waals surface area contributed by atoms with E-state index in [1.165, 1.54) is 36.9 Å². The van der Waals surface area contributed by atoms with Crippen molar-refractivity contribution in [1.29, 1.82) is 0 Å². The summed E-state index contributed by atoms with van der Waals surface area (Å²) < 4.78 is 14.1. The second kappa shape index (κ2) is 8.04. The number of nitrogens with one attached hydrogen (secondary N) is 2. The third kappa shape index (κ3) is 4.25. The van der Waals surface area contributed by atoms with Gasteiger partial charge in [0.15, 0.2) is 0 Å². The van der Waals surface area contributed by atoms with E-state index < -0.39 is 17.8 Å². The molecule has 144 valence electrons. The SMILES string of the molecule is CC(=O)Nc1ccc(F)c(NC(=O)CC2c3ccccc3C=CN2C(C)=O)c1. The summed E-state index contributed by atoms with van der Waals surface area (Å²) in [6.07, 6.45) is 3.44. The highest BCUT2D eigenvalue weighted by atomic mass is 19.1. The van der Waals surface area contributed by atoms with Crippen LogP contribution >= 0.6 is 0 Å². The minimum Gasteiger partial charge on any atom is -0.326 e. The van der Waals surface area contributed by atoms with E-state index in [2.05, 4.69) is 10.6 Å². The Labute approximate surface area is 162 Å². The van der Waals surface area contributed by atoms with Gasteiger partial charge in [0.05, 0.1) is 18.2 Å². The number of carbonyl (C=O) groups excluding carboxylic acids is 3. The zero-order valence-electron chi connectivity index (χ0n) is 15.5. The molecule has 0 aromatic heterocycles. The van der Waals surface area contributed by atoms with Gasteiger partial charge in [-0.1, -0.05) is 24.3 Å². The lowest BCUT2D eigenvalue weighted by Gasteiger charge is -2.32. The molecule has 0 saturated heterocycles. The Balaban J connectivity index is 1.81. The number of hydrogen-bond donors (Lipinski definition) is 2. The van der Waals surface area contributed by atoms with Crippen LogP contribution in [0.4, 0.5) is 15.8 Å². The van der Waals surface area contributed by atoms with Gasteiger partial charge in [-0.25, -0.2) is 4.39 Å². The third-order valence-electron chi connectivity index (χ3n) is 4.41. The summed E-state index contributed by atoms with van der Waals surface area (Å²) in [6, 6.07) is 10.9. The number of benzene rings is 2. The zero-order chi connectivity index (χ0) is 20.3. The molecule has 0 radical (unpaired) electrons. The lowest BCUT2D eigenvalue weighted by molar-refractivity contribution is -0.129. The van der Waals surface area contributed by atoms with Crippen LogP contribution in [-0.4, -0.2) is 22.6 Å². The van der Waals surface area contributed by atoms with Gasteiger partial charge in [-0.3, -0.25) is 14.4 Å². The molecule has 0 bridgehead atoms. The molecule has 2 N–H and O–H groups in total. The van der Waals surface area contributed by atoms with Crippen LogP contribution in [0, 0.1) is 5.82 Å². The number of anilines is 2. The molecule has 6 nitrogen and oxygen atoms in total. The molecule has 0 saturated carbocycles. The van der Waals surface area contributed by atoms with Gasteiger partial charge in [-0.05, 0) is 35.4 Å². The van der Waals surface area contributed by atoms with Crippen LogP contribution in [0.1, 0.15) is 37.4 Å². The number of nitrogens with zero attached hydrogens (tertiary/aromatic N) is 1. The summed E-state index contributed by atoms with van der Waals surface area (Å²) >= 11 is 0. The predicted molar refractivity (Wildman–Crippen MR) is 105 cm³/mol. The number of fused-ring (bicyclic) bond motifs is 1. The quantitative estimate of drug-likeness (QED) is 0.848. The molecule has 3 rings (SSSR count). The van der Waals surface area contributed by atoms with Crippen LogP contribution in [0.2, 0.25) is 0 Å². The van der Waals surface area contributed by atoms with Crippen molar-refractivity contribution in [2.45, 2.75) is 26.3 Å². The lowest BCUT2D eigenvalue weighted by Crippen LogP contribution is -2.33. The molecule has 2 aromatic carbocycles. The Morgan fingerprint density at radius 3 is 2.54 bits per heavy atom. The molecule has 1 aliphatic heterocycles. The Morgan fingerprint density at radius 1 is 1.07 bits per heavy atom. The molecular weight excluding hydrogens is 361 g/mol. The summed E-state index contributed by atoms with van der Waals surface area (Å²) in [5.74, 6) is -1.55. The predicted octanol–water partition coefficient (Wildman–Crippen LogP) is 3.69. The van der Waals surface area contributed by atoms with Crippen molar-refractivity contribution in [2.24, 2.45) is 0 Å². The Kier molecular flexibility index (Phi) is 5.54. The first kappa shape index (κ1) is 19.3. The first-order valence-electron chi connectivity index (χ1n) is 8.78. The molecule has 0 spiro atoms. The maximum atomic E-state index is 14.1. The largest absolute Gasteiger partial charge is 0.326 e. The van der Waals surface area contributed by atoms with Crippen LogP contribution in [0.25, 0.3) is 6.08 Å². The summed E-state index contributed by atoms with van der Waals surface area (Å²) in [4.78, 5) is 37.3. The topological polar surface area (TPSA) is 78.5 Å². The van der Waals surface area contributed by atoms with Gasteiger partial charge >= 0.3 is 0 Å². The normalized spacial score (nSPS) is 15.0.